The highest BCUT2D eigenvalue weighted by Gasteiger charge is 2.49. The molecule has 1 aromatic heterocycles. The number of hydrogen-bond donors (Lipinski definition) is 0. The highest BCUT2D eigenvalue weighted by atomic mass is 16.1. The molecule has 0 saturated heterocycles. The smallest absolute Gasteiger partial charge is 0.193 e. The molecule has 2 aliphatic rings. The predicted octanol–water partition coefficient (Wildman–Crippen LogP) is 4.44. The third kappa shape index (κ3) is 2.01. The standard InChI is InChI=1S/C23H16N2O/c26-22-16-20(19-11-10-17-7-1-2-8-18(17)15-19)25-14-6-4-12-23(22,25)21-9-3-5-13-24-21/h1-16H. The summed E-state index contributed by atoms with van der Waals surface area (Å²) in [6, 6.07) is 20.2. The van der Waals surface area contributed by atoms with Crippen LogP contribution in [-0.4, -0.2) is 15.7 Å². The molecule has 0 bridgehead atoms. The molecule has 0 N–H and O–H groups in total. The van der Waals surface area contributed by atoms with Crippen LogP contribution >= 0.6 is 0 Å². The fraction of sp³-hybridized carbons (Fsp3) is 0.0435. The Morgan fingerprint density at radius 3 is 2.58 bits per heavy atom. The Labute approximate surface area is 151 Å². The van der Waals surface area contributed by atoms with Gasteiger partial charge in [-0.1, -0.05) is 48.5 Å². The lowest BCUT2D eigenvalue weighted by molar-refractivity contribution is -0.120. The highest BCUT2D eigenvalue weighted by Crippen LogP contribution is 2.44. The zero-order valence-electron chi connectivity index (χ0n) is 14.0. The van der Waals surface area contributed by atoms with Crippen LogP contribution in [-0.2, 0) is 10.3 Å². The summed E-state index contributed by atoms with van der Waals surface area (Å²) in [6.07, 6.45) is 11.2. The van der Waals surface area contributed by atoms with Crippen LogP contribution in [0, 0.1) is 0 Å². The number of benzene rings is 2. The second kappa shape index (κ2) is 5.53. The van der Waals surface area contributed by atoms with E-state index >= 15 is 0 Å². The van der Waals surface area contributed by atoms with Crippen molar-refractivity contribution in [1.82, 2.24) is 9.88 Å². The van der Waals surface area contributed by atoms with Gasteiger partial charge in [0.05, 0.1) is 11.4 Å². The molecule has 0 aliphatic carbocycles. The Kier molecular flexibility index (Phi) is 3.16. The van der Waals surface area contributed by atoms with E-state index in [4.69, 9.17) is 0 Å². The number of pyridine rings is 1. The molecule has 0 radical (unpaired) electrons. The highest BCUT2D eigenvalue weighted by molar-refractivity contribution is 6.10. The Balaban J connectivity index is 1.67. The van der Waals surface area contributed by atoms with Crippen LogP contribution in [0.3, 0.4) is 0 Å². The van der Waals surface area contributed by atoms with Crippen LogP contribution in [0.2, 0.25) is 0 Å². The molecule has 3 heterocycles. The van der Waals surface area contributed by atoms with E-state index in [0.717, 1.165) is 22.3 Å². The second-order valence-electron chi connectivity index (χ2n) is 6.51. The van der Waals surface area contributed by atoms with E-state index in [-0.39, 0.29) is 5.78 Å². The Morgan fingerprint density at radius 1 is 0.885 bits per heavy atom. The summed E-state index contributed by atoms with van der Waals surface area (Å²) in [5.41, 5.74) is 1.76. The Morgan fingerprint density at radius 2 is 1.73 bits per heavy atom. The normalized spacial score (nSPS) is 21.2. The number of rotatable bonds is 2. The molecular formula is C23H16N2O. The first-order chi connectivity index (χ1) is 12.8. The van der Waals surface area contributed by atoms with E-state index in [1.807, 2.05) is 59.7 Å². The van der Waals surface area contributed by atoms with Crippen molar-refractivity contribution < 1.29 is 4.79 Å². The van der Waals surface area contributed by atoms with Crippen molar-refractivity contribution >= 4 is 22.3 Å². The summed E-state index contributed by atoms with van der Waals surface area (Å²) < 4.78 is 0. The largest absolute Gasteiger partial charge is 0.325 e. The lowest BCUT2D eigenvalue weighted by Crippen LogP contribution is -2.43. The van der Waals surface area contributed by atoms with Gasteiger partial charge in [-0.05, 0) is 46.7 Å². The molecule has 0 saturated carbocycles. The van der Waals surface area contributed by atoms with E-state index in [0.29, 0.717) is 0 Å². The minimum atomic E-state index is -0.892. The molecule has 1 unspecified atom stereocenters. The molecular weight excluding hydrogens is 320 g/mol. The number of ketones is 1. The predicted molar refractivity (Wildman–Crippen MR) is 103 cm³/mol. The van der Waals surface area contributed by atoms with Gasteiger partial charge < -0.3 is 4.90 Å². The molecule has 124 valence electrons. The zero-order valence-corrected chi connectivity index (χ0v) is 14.0. The number of nitrogens with zero attached hydrogens (tertiary/aromatic N) is 2. The number of fused-ring (bicyclic) bond motifs is 2. The molecule has 1 atom stereocenters. The van der Waals surface area contributed by atoms with Gasteiger partial charge in [-0.15, -0.1) is 0 Å². The molecule has 5 rings (SSSR count). The number of allylic oxidation sites excluding steroid dienone is 2. The van der Waals surface area contributed by atoms with Crippen LogP contribution in [0.25, 0.3) is 16.5 Å². The average Bonchev–Trinajstić information content (AvgIpc) is 3.02. The topological polar surface area (TPSA) is 33.2 Å². The fourth-order valence-electron chi connectivity index (χ4n) is 3.80. The molecule has 2 aliphatic heterocycles. The molecule has 3 heteroatoms. The minimum Gasteiger partial charge on any atom is -0.325 e. The molecule has 26 heavy (non-hydrogen) atoms. The first kappa shape index (κ1) is 14.8. The molecule has 0 fully saturated rings. The summed E-state index contributed by atoms with van der Waals surface area (Å²) in [7, 11) is 0. The van der Waals surface area contributed by atoms with Gasteiger partial charge in [-0.3, -0.25) is 9.78 Å². The van der Waals surface area contributed by atoms with Crippen molar-refractivity contribution in [2.24, 2.45) is 0 Å². The minimum absolute atomic E-state index is 0.0277. The monoisotopic (exact) mass is 336 g/mol. The number of carbonyl (C=O) groups is 1. The van der Waals surface area contributed by atoms with E-state index in [1.54, 1.807) is 12.3 Å². The molecule has 0 spiro atoms. The summed E-state index contributed by atoms with van der Waals surface area (Å²) in [5, 5.41) is 2.34. The van der Waals surface area contributed by atoms with Crippen LogP contribution in [0.5, 0.6) is 0 Å². The van der Waals surface area contributed by atoms with Crippen molar-refractivity contribution in [3.05, 3.63) is 109 Å². The van der Waals surface area contributed by atoms with Gasteiger partial charge in [0, 0.05) is 18.5 Å². The van der Waals surface area contributed by atoms with Crippen LogP contribution < -0.4 is 0 Å². The van der Waals surface area contributed by atoms with Crippen molar-refractivity contribution in [3.8, 4) is 0 Å². The maximum absolute atomic E-state index is 13.1. The first-order valence-electron chi connectivity index (χ1n) is 8.61. The van der Waals surface area contributed by atoms with E-state index in [1.165, 1.54) is 5.39 Å². The summed E-state index contributed by atoms with van der Waals surface area (Å²) in [4.78, 5) is 19.6. The van der Waals surface area contributed by atoms with Gasteiger partial charge >= 0.3 is 0 Å². The summed E-state index contributed by atoms with van der Waals surface area (Å²) >= 11 is 0. The van der Waals surface area contributed by atoms with Gasteiger partial charge in [-0.25, -0.2) is 0 Å². The molecule has 3 nitrogen and oxygen atoms in total. The van der Waals surface area contributed by atoms with Gasteiger partial charge in [-0.2, -0.15) is 0 Å². The third-order valence-electron chi connectivity index (χ3n) is 5.07. The molecule has 0 amide bonds. The van der Waals surface area contributed by atoms with Crippen LogP contribution in [0.15, 0.2) is 97.4 Å². The van der Waals surface area contributed by atoms with Crippen molar-refractivity contribution in [3.63, 3.8) is 0 Å². The number of aromatic nitrogens is 1. The van der Waals surface area contributed by atoms with Crippen molar-refractivity contribution in [2.45, 2.75) is 5.54 Å². The maximum Gasteiger partial charge on any atom is 0.193 e. The fourth-order valence-corrected chi connectivity index (χ4v) is 3.80. The van der Waals surface area contributed by atoms with Gasteiger partial charge in [0.1, 0.15) is 0 Å². The number of hydrogen-bond acceptors (Lipinski definition) is 3. The van der Waals surface area contributed by atoms with Crippen molar-refractivity contribution in [1.29, 1.82) is 0 Å². The van der Waals surface area contributed by atoms with Gasteiger partial charge in [0.15, 0.2) is 11.3 Å². The lowest BCUT2D eigenvalue weighted by atomic mass is 9.88. The third-order valence-corrected chi connectivity index (χ3v) is 5.07. The Bertz CT molecular complexity index is 1110. The Hall–Kier alpha value is -3.46. The zero-order chi connectivity index (χ0) is 17.6. The van der Waals surface area contributed by atoms with Gasteiger partial charge in [0.2, 0.25) is 0 Å². The molecule has 3 aromatic rings. The van der Waals surface area contributed by atoms with Crippen molar-refractivity contribution in [2.75, 3.05) is 0 Å². The first-order valence-corrected chi connectivity index (χ1v) is 8.61. The maximum atomic E-state index is 13.1. The molecule has 2 aromatic carbocycles. The second-order valence-corrected chi connectivity index (χ2v) is 6.51. The lowest BCUT2D eigenvalue weighted by Gasteiger charge is -2.37. The quantitative estimate of drug-likeness (QED) is 0.694. The van der Waals surface area contributed by atoms with Crippen LogP contribution in [0.1, 0.15) is 11.3 Å². The number of carbonyl (C=O) groups excluding carboxylic acids is 1. The van der Waals surface area contributed by atoms with E-state index < -0.39 is 5.54 Å². The average molecular weight is 336 g/mol. The SMILES string of the molecule is O=C1C=C(c2ccc3ccccc3c2)N2C=CC=CC12c1ccccn1. The van der Waals surface area contributed by atoms with Gasteiger partial charge in [0.25, 0.3) is 0 Å². The van der Waals surface area contributed by atoms with E-state index in [9.17, 15) is 4.79 Å². The van der Waals surface area contributed by atoms with E-state index in [2.05, 4.69) is 35.3 Å². The summed E-state index contributed by atoms with van der Waals surface area (Å²) in [6.45, 7) is 0. The summed E-state index contributed by atoms with van der Waals surface area (Å²) in [5.74, 6) is 0.0277. The van der Waals surface area contributed by atoms with Crippen LogP contribution in [0.4, 0.5) is 0 Å².